The molecule has 36 heavy (non-hydrogen) atoms. The lowest BCUT2D eigenvalue weighted by Crippen LogP contribution is -2.55. The van der Waals surface area contributed by atoms with Gasteiger partial charge in [-0.15, -0.1) is 37.2 Å². The van der Waals surface area contributed by atoms with Gasteiger partial charge in [-0.3, -0.25) is 9.69 Å². The fourth-order valence-corrected chi connectivity index (χ4v) is 6.33. The first-order chi connectivity index (χ1) is 16.1. The molecular formula is C28H49Cl3N4O. The number of nitrogens with zero attached hydrogens (tertiary/aromatic N) is 2. The molecule has 0 aliphatic carbocycles. The van der Waals surface area contributed by atoms with Gasteiger partial charge in [-0.25, -0.2) is 0 Å². The van der Waals surface area contributed by atoms with Crippen LogP contribution in [-0.4, -0.2) is 67.1 Å². The summed E-state index contributed by atoms with van der Waals surface area (Å²) in [7, 11) is 0. The van der Waals surface area contributed by atoms with Crippen molar-refractivity contribution in [2.24, 2.45) is 17.8 Å². The van der Waals surface area contributed by atoms with Crippen molar-refractivity contribution < 1.29 is 4.79 Å². The van der Waals surface area contributed by atoms with Crippen molar-refractivity contribution in [1.29, 1.82) is 0 Å². The molecule has 1 amide bonds. The first-order valence-electron chi connectivity index (χ1n) is 13.6. The number of rotatable bonds is 10. The molecule has 3 heterocycles. The molecule has 5 nitrogen and oxygen atoms in total. The van der Waals surface area contributed by atoms with E-state index in [4.69, 9.17) is 0 Å². The quantitative estimate of drug-likeness (QED) is 0.413. The summed E-state index contributed by atoms with van der Waals surface area (Å²) in [5.74, 6) is 2.53. The van der Waals surface area contributed by atoms with Crippen LogP contribution in [-0.2, 0) is 11.3 Å². The maximum atomic E-state index is 12.4. The lowest BCUT2D eigenvalue weighted by Gasteiger charge is -2.46. The van der Waals surface area contributed by atoms with Crippen molar-refractivity contribution in [2.45, 2.75) is 77.4 Å². The molecule has 2 N–H and O–H groups in total. The lowest BCUT2D eigenvalue weighted by atomic mass is 9.79. The van der Waals surface area contributed by atoms with Crippen LogP contribution < -0.4 is 10.6 Å². The molecule has 4 rings (SSSR count). The Morgan fingerprint density at radius 1 is 1.06 bits per heavy atom. The predicted octanol–water partition coefficient (Wildman–Crippen LogP) is 5.16. The normalized spacial score (nSPS) is 24.8. The van der Waals surface area contributed by atoms with E-state index in [1.165, 1.54) is 51.0 Å². The van der Waals surface area contributed by atoms with Gasteiger partial charge in [0.2, 0.25) is 5.91 Å². The Morgan fingerprint density at radius 2 is 1.78 bits per heavy atom. The number of amides is 1. The minimum Gasteiger partial charge on any atom is -0.356 e. The largest absolute Gasteiger partial charge is 0.356 e. The van der Waals surface area contributed by atoms with Crippen LogP contribution in [0.3, 0.4) is 0 Å². The molecule has 0 saturated carbocycles. The second-order valence-electron chi connectivity index (χ2n) is 11.2. The highest BCUT2D eigenvalue weighted by Crippen LogP contribution is 2.31. The van der Waals surface area contributed by atoms with Crippen molar-refractivity contribution in [3.63, 3.8) is 0 Å². The van der Waals surface area contributed by atoms with Gasteiger partial charge in [0.25, 0.3) is 0 Å². The third-order valence-corrected chi connectivity index (χ3v) is 8.31. The van der Waals surface area contributed by atoms with Crippen molar-refractivity contribution >= 4 is 43.1 Å². The van der Waals surface area contributed by atoms with Crippen molar-refractivity contribution in [3.8, 4) is 0 Å². The molecule has 1 aromatic carbocycles. The summed E-state index contributed by atoms with van der Waals surface area (Å²) in [5, 5.41) is 7.01. The van der Waals surface area contributed by atoms with Crippen molar-refractivity contribution in [3.05, 3.63) is 35.9 Å². The van der Waals surface area contributed by atoms with E-state index in [-0.39, 0.29) is 43.1 Å². The van der Waals surface area contributed by atoms with E-state index in [0.717, 1.165) is 56.7 Å². The fourth-order valence-electron chi connectivity index (χ4n) is 6.33. The number of fused-ring (bicyclic) bond motifs is 2. The molecule has 0 aromatic heterocycles. The summed E-state index contributed by atoms with van der Waals surface area (Å²) in [6.45, 7) is 12.5. The van der Waals surface area contributed by atoms with E-state index < -0.39 is 0 Å². The van der Waals surface area contributed by atoms with Gasteiger partial charge in [0.1, 0.15) is 0 Å². The van der Waals surface area contributed by atoms with Crippen LogP contribution in [0.2, 0.25) is 0 Å². The molecule has 3 fully saturated rings. The number of hydrogen-bond donors (Lipinski definition) is 2. The zero-order valence-corrected chi connectivity index (χ0v) is 24.6. The summed E-state index contributed by atoms with van der Waals surface area (Å²) in [4.78, 5) is 17.6. The Kier molecular flexibility index (Phi) is 15.9. The Bertz CT molecular complexity index is 731. The molecule has 3 unspecified atom stereocenters. The fraction of sp³-hybridized carbons (Fsp3) is 0.750. The average molecular weight is 564 g/mol. The Hall–Kier alpha value is -0.560. The lowest BCUT2D eigenvalue weighted by molar-refractivity contribution is -0.121. The molecule has 0 radical (unpaired) electrons. The summed E-state index contributed by atoms with van der Waals surface area (Å²) in [5.41, 5.74) is 1.42. The zero-order chi connectivity index (χ0) is 23.0. The predicted molar refractivity (Wildman–Crippen MR) is 158 cm³/mol. The van der Waals surface area contributed by atoms with Gasteiger partial charge in [-0.1, -0.05) is 30.3 Å². The average Bonchev–Trinajstić information content (AvgIpc) is 2.81. The first kappa shape index (κ1) is 33.5. The van der Waals surface area contributed by atoms with Gasteiger partial charge in [-0.05, 0) is 95.3 Å². The summed E-state index contributed by atoms with van der Waals surface area (Å²) >= 11 is 0. The molecule has 3 aliphatic heterocycles. The Labute approximate surface area is 238 Å². The molecule has 208 valence electrons. The van der Waals surface area contributed by atoms with Crippen LogP contribution in [0, 0.1) is 17.8 Å². The number of nitrogens with one attached hydrogen (secondary N) is 2. The number of benzene rings is 1. The Morgan fingerprint density at radius 3 is 2.47 bits per heavy atom. The summed E-state index contributed by atoms with van der Waals surface area (Å²) in [6, 6.07) is 12.1. The van der Waals surface area contributed by atoms with Crippen LogP contribution in [0.5, 0.6) is 0 Å². The van der Waals surface area contributed by atoms with E-state index in [2.05, 4.69) is 64.6 Å². The topological polar surface area (TPSA) is 47.6 Å². The van der Waals surface area contributed by atoms with Crippen LogP contribution in [0.1, 0.15) is 64.4 Å². The van der Waals surface area contributed by atoms with Gasteiger partial charge in [0.05, 0.1) is 0 Å². The van der Waals surface area contributed by atoms with Crippen molar-refractivity contribution in [1.82, 2.24) is 20.4 Å². The van der Waals surface area contributed by atoms with Gasteiger partial charge in [-0.2, -0.15) is 0 Å². The third kappa shape index (κ3) is 10.3. The Balaban J connectivity index is 0.00000216. The molecule has 2 bridgehead atoms. The molecule has 3 saturated heterocycles. The minimum absolute atomic E-state index is 0. The third-order valence-electron chi connectivity index (χ3n) is 8.31. The van der Waals surface area contributed by atoms with E-state index in [1.807, 2.05) is 0 Å². The van der Waals surface area contributed by atoms with Crippen molar-refractivity contribution in [2.75, 3.05) is 39.3 Å². The van der Waals surface area contributed by atoms with E-state index >= 15 is 0 Å². The molecule has 0 spiro atoms. The standard InChI is InChI=1S/C28H46N4O.3ClH/c1-22(2)32-15-12-23(13-16-32)11-14-29-28(33)10-6-9-27-26-17-25(18-30-27)20-31(21-26)19-24-7-4-3-5-8-24;;;/h3-5,7-8,22-23,25-27,30H,6,9-21H2,1-2H3,(H,29,33);3*1H. The van der Waals surface area contributed by atoms with E-state index in [0.29, 0.717) is 18.5 Å². The van der Waals surface area contributed by atoms with Gasteiger partial charge in [0.15, 0.2) is 0 Å². The van der Waals surface area contributed by atoms with Gasteiger partial charge >= 0.3 is 0 Å². The van der Waals surface area contributed by atoms with E-state index in [1.54, 1.807) is 0 Å². The number of halogens is 3. The summed E-state index contributed by atoms with van der Waals surface area (Å²) < 4.78 is 0. The van der Waals surface area contributed by atoms with E-state index in [9.17, 15) is 4.79 Å². The number of carbonyl (C=O) groups excluding carboxylic acids is 1. The maximum Gasteiger partial charge on any atom is 0.219 e. The maximum absolute atomic E-state index is 12.4. The second-order valence-corrected chi connectivity index (χ2v) is 11.2. The highest BCUT2D eigenvalue weighted by atomic mass is 35.5. The van der Waals surface area contributed by atoms with Crippen LogP contribution in [0.15, 0.2) is 30.3 Å². The first-order valence-corrected chi connectivity index (χ1v) is 13.6. The number of carbonyl (C=O) groups is 1. The molecule has 3 aliphatic rings. The second kappa shape index (κ2) is 17.1. The van der Waals surface area contributed by atoms with Crippen LogP contribution in [0.4, 0.5) is 0 Å². The molecule has 8 heteroatoms. The summed E-state index contributed by atoms with van der Waals surface area (Å²) in [6.07, 6.45) is 7.85. The SMILES string of the molecule is CC(C)N1CCC(CCNC(=O)CCCC2NCC3CC2CN(Cc2ccccc2)C3)CC1.Cl.Cl.Cl. The monoisotopic (exact) mass is 562 g/mol. The minimum atomic E-state index is 0. The molecule has 1 aromatic rings. The highest BCUT2D eigenvalue weighted by molar-refractivity contribution is 5.86. The van der Waals surface area contributed by atoms with Crippen LogP contribution >= 0.6 is 37.2 Å². The highest BCUT2D eigenvalue weighted by Gasteiger charge is 2.36. The number of piperidine rings is 3. The van der Waals surface area contributed by atoms with Gasteiger partial charge in [0, 0.05) is 44.7 Å². The number of hydrogen-bond acceptors (Lipinski definition) is 4. The van der Waals surface area contributed by atoms with Gasteiger partial charge < -0.3 is 15.5 Å². The zero-order valence-electron chi connectivity index (χ0n) is 22.2. The number of likely N-dealkylation sites (tertiary alicyclic amines) is 2. The molecular weight excluding hydrogens is 515 g/mol. The van der Waals surface area contributed by atoms with Crippen LogP contribution in [0.25, 0.3) is 0 Å². The molecule has 3 atom stereocenters. The smallest absolute Gasteiger partial charge is 0.219 e.